The fourth-order valence-electron chi connectivity index (χ4n) is 3.50. The SMILES string of the molecule is O=C1CC(c2ccccc2)([C@@H]2CCNC2)CC(=O)N1. The van der Waals surface area contributed by atoms with Crippen molar-refractivity contribution in [2.75, 3.05) is 13.1 Å². The van der Waals surface area contributed by atoms with Crippen molar-refractivity contribution >= 4 is 11.8 Å². The Bertz CT molecular complexity index is 476. The highest BCUT2D eigenvalue weighted by Crippen LogP contribution is 2.43. The summed E-state index contributed by atoms with van der Waals surface area (Å²) in [6.07, 6.45) is 1.85. The molecule has 0 saturated carbocycles. The molecular weight excluding hydrogens is 240 g/mol. The molecule has 3 rings (SSSR count). The molecule has 2 heterocycles. The second-order valence-corrected chi connectivity index (χ2v) is 5.54. The van der Waals surface area contributed by atoms with Gasteiger partial charge >= 0.3 is 0 Å². The first-order valence-electron chi connectivity index (χ1n) is 6.80. The Labute approximate surface area is 112 Å². The van der Waals surface area contributed by atoms with Gasteiger partial charge in [-0.2, -0.15) is 0 Å². The van der Waals surface area contributed by atoms with E-state index in [2.05, 4.69) is 10.6 Å². The minimum atomic E-state index is -0.329. The Balaban J connectivity index is 2.04. The van der Waals surface area contributed by atoms with E-state index >= 15 is 0 Å². The monoisotopic (exact) mass is 258 g/mol. The molecule has 0 unspecified atom stereocenters. The van der Waals surface area contributed by atoms with Crippen LogP contribution in [-0.2, 0) is 15.0 Å². The van der Waals surface area contributed by atoms with Gasteiger partial charge in [0.25, 0.3) is 0 Å². The Morgan fingerprint density at radius 1 is 1.05 bits per heavy atom. The maximum atomic E-state index is 11.9. The fourth-order valence-corrected chi connectivity index (χ4v) is 3.50. The van der Waals surface area contributed by atoms with Gasteiger partial charge < -0.3 is 5.32 Å². The highest BCUT2D eigenvalue weighted by Gasteiger charge is 2.47. The van der Waals surface area contributed by atoms with Crippen molar-refractivity contribution in [3.63, 3.8) is 0 Å². The predicted molar refractivity (Wildman–Crippen MR) is 71.5 cm³/mol. The topological polar surface area (TPSA) is 58.2 Å². The lowest BCUT2D eigenvalue weighted by molar-refractivity contribution is -0.136. The van der Waals surface area contributed by atoms with E-state index in [-0.39, 0.29) is 17.2 Å². The normalized spacial score (nSPS) is 26.2. The smallest absolute Gasteiger partial charge is 0.227 e. The average Bonchev–Trinajstić information content (AvgIpc) is 2.93. The minimum Gasteiger partial charge on any atom is -0.316 e. The van der Waals surface area contributed by atoms with Crippen LogP contribution < -0.4 is 10.6 Å². The minimum absolute atomic E-state index is 0.146. The molecule has 2 aliphatic heterocycles. The second-order valence-electron chi connectivity index (χ2n) is 5.54. The van der Waals surface area contributed by atoms with Crippen molar-refractivity contribution < 1.29 is 9.59 Å². The van der Waals surface area contributed by atoms with Crippen LogP contribution in [0.4, 0.5) is 0 Å². The van der Waals surface area contributed by atoms with Crippen LogP contribution in [0.5, 0.6) is 0 Å². The number of amides is 2. The lowest BCUT2D eigenvalue weighted by Crippen LogP contribution is -2.51. The van der Waals surface area contributed by atoms with Gasteiger partial charge in [-0.3, -0.25) is 14.9 Å². The summed E-state index contributed by atoms with van der Waals surface area (Å²) in [7, 11) is 0. The third kappa shape index (κ3) is 2.16. The molecule has 0 aromatic heterocycles. The van der Waals surface area contributed by atoms with E-state index in [1.807, 2.05) is 30.3 Å². The van der Waals surface area contributed by atoms with E-state index in [1.54, 1.807) is 0 Å². The van der Waals surface area contributed by atoms with Gasteiger partial charge in [0.05, 0.1) is 0 Å². The lowest BCUT2D eigenvalue weighted by Gasteiger charge is -2.41. The summed E-state index contributed by atoms with van der Waals surface area (Å²) in [5.41, 5.74) is 0.788. The van der Waals surface area contributed by atoms with Crippen LogP contribution in [0.15, 0.2) is 30.3 Å². The number of piperidine rings is 1. The van der Waals surface area contributed by atoms with Crippen molar-refractivity contribution in [2.24, 2.45) is 5.92 Å². The Morgan fingerprint density at radius 3 is 2.32 bits per heavy atom. The number of nitrogens with one attached hydrogen (secondary N) is 2. The Kier molecular flexibility index (Phi) is 3.11. The molecule has 2 N–H and O–H groups in total. The number of benzene rings is 1. The Morgan fingerprint density at radius 2 is 1.74 bits per heavy atom. The standard InChI is InChI=1S/C15H18N2O2/c18-13-8-15(9-14(19)17-13,12-6-7-16-10-12)11-4-2-1-3-5-11/h1-5,12,16H,6-10H2,(H,17,18,19)/t12-/m1/s1. The van der Waals surface area contributed by atoms with E-state index < -0.39 is 0 Å². The molecule has 19 heavy (non-hydrogen) atoms. The molecule has 0 bridgehead atoms. The summed E-state index contributed by atoms with van der Waals surface area (Å²) in [4.78, 5) is 23.7. The van der Waals surface area contributed by atoms with Crippen LogP contribution >= 0.6 is 0 Å². The zero-order chi connectivity index (χ0) is 13.3. The predicted octanol–water partition coefficient (Wildman–Crippen LogP) is 0.970. The largest absolute Gasteiger partial charge is 0.316 e. The number of rotatable bonds is 2. The molecule has 1 atom stereocenters. The van der Waals surface area contributed by atoms with Crippen LogP contribution in [0, 0.1) is 5.92 Å². The Hall–Kier alpha value is -1.68. The van der Waals surface area contributed by atoms with Crippen molar-refractivity contribution in [3.8, 4) is 0 Å². The molecule has 0 aliphatic carbocycles. The van der Waals surface area contributed by atoms with Crippen LogP contribution in [-0.4, -0.2) is 24.9 Å². The third-order valence-corrected chi connectivity index (χ3v) is 4.42. The number of hydrogen-bond acceptors (Lipinski definition) is 3. The lowest BCUT2D eigenvalue weighted by atomic mass is 9.64. The first-order valence-corrected chi connectivity index (χ1v) is 6.80. The number of hydrogen-bond donors (Lipinski definition) is 2. The highest BCUT2D eigenvalue weighted by molar-refractivity contribution is 5.99. The van der Waals surface area contributed by atoms with E-state index in [4.69, 9.17) is 0 Å². The zero-order valence-corrected chi connectivity index (χ0v) is 10.8. The van der Waals surface area contributed by atoms with Crippen molar-refractivity contribution in [1.29, 1.82) is 0 Å². The van der Waals surface area contributed by atoms with Crippen molar-refractivity contribution in [2.45, 2.75) is 24.7 Å². The van der Waals surface area contributed by atoms with Gasteiger partial charge in [-0.1, -0.05) is 30.3 Å². The summed E-state index contributed by atoms with van der Waals surface area (Å²) in [5, 5.41) is 5.78. The highest BCUT2D eigenvalue weighted by atomic mass is 16.2. The summed E-state index contributed by atoms with van der Waals surface area (Å²) in [6.45, 7) is 1.85. The molecule has 2 aliphatic rings. The summed E-state index contributed by atoms with van der Waals surface area (Å²) in [5.74, 6) is 0.0592. The van der Waals surface area contributed by atoms with Gasteiger partial charge in [-0.25, -0.2) is 0 Å². The second kappa shape index (κ2) is 4.78. The van der Waals surface area contributed by atoms with E-state index in [9.17, 15) is 9.59 Å². The quantitative estimate of drug-likeness (QED) is 0.777. The number of imide groups is 1. The molecule has 0 spiro atoms. The van der Waals surface area contributed by atoms with E-state index in [0.717, 1.165) is 25.1 Å². The van der Waals surface area contributed by atoms with E-state index in [0.29, 0.717) is 18.8 Å². The zero-order valence-electron chi connectivity index (χ0n) is 10.8. The maximum Gasteiger partial charge on any atom is 0.227 e. The van der Waals surface area contributed by atoms with Crippen molar-refractivity contribution in [3.05, 3.63) is 35.9 Å². The van der Waals surface area contributed by atoms with Crippen LogP contribution in [0.25, 0.3) is 0 Å². The van der Waals surface area contributed by atoms with Gasteiger partial charge in [0, 0.05) is 18.3 Å². The molecular formula is C15H18N2O2. The molecule has 4 nitrogen and oxygen atoms in total. The molecule has 1 aromatic carbocycles. The molecule has 2 fully saturated rings. The summed E-state index contributed by atoms with van der Waals surface area (Å²) >= 11 is 0. The molecule has 4 heteroatoms. The first kappa shape index (κ1) is 12.4. The molecule has 100 valence electrons. The van der Waals surface area contributed by atoms with Crippen LogP contribution in [0.2, 0.25) is 0 Å². The number of carbonyl (C=O) groups is 2. The molecule has 2 saturated heterocycles. The summed E-state index contributed by atoms with van der Waals surface area (Å²) < 4.78 is 0. The fraction of sp³-hybridized carbons (Fsp3) is 0.467. The van der Waals surface area contributed by atoms with Gasteiger partial charge in [-0.15, -0.1) is 0 Å². The van der Waals surface area contributed by atoms with Crippen LogP contribution in [0.3, 0.4) is 0 Å². The van der Waals surface area contributed by atoms with Gasteiger partial charge in [-0.05, 0) is 31.0 Å². The van der Waals surface area contributed by atoms with Gasteiger partial charge in [0.15, 0.2) is 0 Å². The summed E-state index contributed by atoms with van der Waals surface area (Å²) in [6, 6.07) is 10.0. The molecule has 1 aromatic rings. The maximum absolute atomic E-state index is 11.9. The van der Waals surface area contributed by atoms with Gasteiger partial charge in [0.2, 0.25) is 11.8 Å². The van der Waals surface area contributed by atoms with E-state index in [1.165, 1.54) is 0 Å². The van der Waals surface area contributed by atoms with Crippen LogP contribution in [0.1, 0.15) is 24.8 Å². The third-order valence-electron chi connectivity index (χ3n) is 4.42. The van der Waals surface area contributed by atoms with Crippen molar-refractivity contribution in [1.82, 2.24) is 10.6 Å². The average molecular weight is 258 g/mol. The van der Waals surface area contributed by atoms with Gasteiger partial charge in [0.1, 0.15) is 0 Å². The molecule has 0 radical (unpaired) electrons. The first-order chi connectivity index (χ1) is 9.21. The molecule has 2 amide bonds. The number of carbonyl (C=O) groups excluding carboxylic acids is 2.